The molecule has 0 saturated heterocycles. The van der Waals surface area contributed by atoms with Gasteiger partial charge in [0.05, 0.1) is 18.6 Å². The van der Waals surface area contributed by atoms with E-state index in [0.29, 0.717) is 0 Å². The lowest BCUT2D eigenvalue weighted by atomic mass is 10.0. The fourth-order valence-electron chi connectivity index (χ4n) is 3.09. The van der Waals surface area contributed by atoms with E-state index in [0.717, 1.165) is 27.6 Å². The maximum Gasteiger partial charge on any atom is 0.389 e. The van der Waals surface area contributed by atoms with Crippen molar-refractivity contribution in [2.45, 2.75) is 38.9 Å². The summed E-state index contributed by atoms with van der Waals surface area (Å²) in [6.07, 6.45) is -7.48. The van der Waals surface area contributed by atoms with Gasteiger partial charge in [0, 0.05) is 12.8 Å². The van der Waals surface area contributed by atoms with Crippen LogP contribution in [0.5, 0.6) is 0 Å². The lowest BCUT2D eigenvalue weighted by molar-refractivity contribution is -0.143. The predicted octanol–water partition coefficient (Wildman–Crippen LogP) is 4.12. The lowest BCUT2D eigenvalue weighted by Gasteiger charge is -2.17. The molecule has 0 aliphatic carbocycles. The topological polar surface area (TPSA) is 52.7 Å². The highest BCUT2D eigenvalue weighted by molar-refractivity contribution is 5.70. The van der Waals surface area contributed by atoms with E-state index in [-0.39, 0.29) is 29.1 Å². The molecule has 0 radical (unpaired) electrons. The van der Waals surface area contributed by atoms with Crippen LogP contribution in [0.3, 0.4) is 0 Å². The zero-order valence-electron chi connectivity index (χ0n) is 15.1. The van der Waals surface area contributed by atoms with Crippen LogP contribution in [0.1, 0.15) is 19.2 Å². The smallest absolute Gasteiger partial charge is 0.309 e. The molecular formula is C18H16F6N4O. The molecule has 11 heteroatoms. The lowest BCUT2D eigenvalue weighted by Crippen LogP contribution is -2.26. The van der Waals surface area contributed by atoms with Crippen molar-refractivity contribution in [3.05, 3.63) is 52.6 Å². The standard InChI is InChI=1S/C18H16F6N4O/c1-10(7-18(22,23)24)6-14-26-16-15(25-9-27(16)8-13(20)21)17(29)28(14)12-4-2-11(19)3-5-12/h2-5,9-10,13H,6-8H2,1H3. The summed E-state index contributed by atoms with van der Waals surface area (Å²) in [6, 6.07) is 4.73. The van der Waals surface area contributed by atoms with Crippen molar-refractivity contribution in [2.75, 3.05) is 0 Å². The molecule has 0 fully saturated rings. The Labute approximate surface area is 160 Å². The third kappa shape index (κ3) is 4.77. The molecule has 0 N–H and O–H groups in total. The largest absolute Gasteiger partial charge is 0.389 e. The number of hydrogen-bond acceptors (Lipinski definition) is 3. The van der Waals surface area contributed by atoms with Gasteiger partial charge in [-0.1, -0.05) is 6.92 Å². The molecule has 0 saturated carbocycles. The van der Waals surface area contributed by atoms with Crippen LogP contribution in [0.15, 0.2) is 35.4 Å². The summed E-state index contributed by atoms with van der Waals surface area (Å²) in [4.78, 5) is 21.0. The molecule has 156 valence electrons. The quantitative estimate of drug-likeness (QED) is 0.566. The summed E-state index contributed by atoms with van der Waals surface area (Å²) in [5.74, 6) is -1.55. The molecule has 1 unspecified atom stereocenters. The third-order valence-electron chi connectivity index (χ3n) is 4.24. The number of halogens is 6. The molecule has 0 amide bonds. The summed E-state index contributed by atoms with van der Waals surface area (Å²) in [7, 11) is 0. The van der Waals surface area contributed by atoms with Gasteiger partial charge in [0.25, 0.3) is 12.0 Å². The molecule has 0 spiro atoms. The molecule has 0 bridgehead atoms. The Bertz CT molecular complexity index is 1060. The van der Waals surface area contributed by atoms with Crippen molar-refractivity contribution in [1.29, 1.82) is 0 Å². The number of rotatable bonds is 6. The zero-order valence-corrected chi connectivity index (χ0v) is 15.1. The van der Waals surface area contributed by atoms with Crippen LogP contribution >= 0.6 is 0 Å². The van der Waals surface area contributed by atoms with Gasteiger partial charge in [-0.25, -0.2) is 23.1 Å². The number of benzene rings is 1. The first kappa shape index (κ1) is 20.9. The first-order chi connectivity index (χ1) is 13.5. The highest BCUT2D eigenvalue weighted by Crippen LogP contribution is 2.27. The maximum atomic E-state index is 13.3. The summed E-state index contributed by atoms with van der Waals surface area (Å²) in [6.45, 7) is 0.580. The Hall–Kier alpha value is -2.85. The van der Waals surface area contributed by atoms with Gasteiger partial charge >= 0.3 is 6.18 Å². The van der Waals surface area contributed by atoms with Gasteiger partial charge in [-0.3, -0.25) is 9.36 Å². The minimum atomic E-state index is -4.41. The van der Waals surface area contributed by atoms with Gasteiger partial charge in [0.1, 0.15) is 11.6 Å². The molecule has 3 aromatic rings. The highest BCUT2D eigenvalue weighted by atomic mass is 19.4. The summed E-state index contributed by atoms with van der Waals surface area (Å²) >= 11 is 0. The van der Waals surface area contributed by atoms with E-state index in [1.807, 2.05) is 0 Å². The first-order valence-electron chi connectivity index (χ1n) is 8.62. The van der Waals surface area contributed by atoms with Crippen LogP contribution in [-0.4, -0.2) is 31.7 Å². The van der Waals surface area contributed by atoms with Crippen molar-refractivity contribution >= 4 is 11.2 Å². The molecule has 3 rings (SSSR count). The van der Waals surface area contributed by atoms with E-state index in [9.17, 15) is 31.1 Å². The molecule has 2 aromatic heterocycles. The number of aromatic nitrogens is 4. The van der Waals surface area contributed by atoms with Crippen LogP contribution in [0.2, 0.25) is 0 Å². The van der Waals surface area contributed by atoms with Crippen LogP contribution in [0.25, 0.3) is 16.9 Å². The van der Waals surface area contributed by atoms with Crippen molar-refractivity contribution in [2.24, 2.45) is 5.92 Å². The zero-order chi connectivity index (χ0) is 21.3. The number of fused-ring (bicyclic) bond motifs is 1. The van der Waals surface area contributed by atoms with Crippen molar-refractivity contribution in [1.82, 2.24) is 19.1 Å². The van der Waals surface area contributed by atoms with Crippen LogP contribution in [-0.2, 0) is 13.0 Å². The SMILES string of the molecule is CC(Cc1nc2c(ncn2CC(F)F)c(=O)n1-c1ccc(F)cc1)CC(F)(F)F. The van der Waals surface area contributed by atoms with Gasteiger partial charge in [-0.15, -0.1) is 0 Å². The van der Waals surface area contributed by atoms with E-state index >= 15 is 0 Å². The van der Waals surface area contributed by atoms with Gasteiger partial charge < -0.3 is 4.57 Å². The monoisotopic (exact) mass is 418 g/mol. The van der Waals surface area contributed by atoms with Gasteiger partial charge in [0.2, 0.25) is 0 Å². The van der Waals surface area contributed by atoms with Crippen LogP contribution < -0.4 is 5.56 Å². The molecule has 1 aromatic carbocycles. The Morgan fingerprint density at radius 2 is 1.79 bits per heavy atom. The molecule has 0 aliphatic rings. The molecule has 5 nitrogen and oxygen atoms in total. The Kier molecular flexibility index (Phi) is 5.67. The normalized spacial score (nSPS) is 13.4. The number of hydrogen-bond donors (Lipinski definition) is 0. The maximum absolute atomic E-state index is 13.3. The van der Waals surface area contributed by atoms with E-state index in [4.69, 9.17) is 0 Å². The van der Waals surface area contributed by atoms with Gasteiger partial charge in [-0.05, 0) is 30.2 Å². The molecule has 1 atom stereocenters. The van der Waals surface area contributed by atoms with Crippen molar-refractivity contribution in [3.8, 4) is 5.69 Å². The van der Waals surface area contributed by atoms with E-state index in [1.54, 1.807) is 0 Å². The average molecular weight is 418 g/mol. The second-order valence-electron chi connectivity index (χ2n) is 6.73. The summed E-state index contributed by atoms with van der Waals surface area (Å²) in [5, 5.41) is 0. The fourth-order valence-corrected chi connectivity index (χ4v) is 3.09. The highest BCUT2D eigenvalue weighted by Gasteiger charge is 2.31. The molecule has 0 aliphatic heterocycles. The van der Waals surface area contributed by atoms with Crippen molar-refractivity contribution < 1.29 is 26.3 Å². The van der Waals surface area contributed by atoms with E-state index < -0.39 is 42.9 Å². The second kappa shape index (κ2) is 7.88. The Morgan fingerprint density at radius 1 is 1.14 bits per heavy atom. The number of alkyl halides is 5. The summed E-state index contributed by atoms with van der Waals surface area (Å²) in [5.41, 5.74) is -0.891. The summed E-state index contributed by atoms with van der Waals surface area (Å²) < 4.78 is 79.1. The second-order valence-corrected chi connectivity index (χ2v) is 6.73. The van der Waals surface area contributed by atoms with Crippen molar-refractivity contribution in [3.63, 3.8) is 0 Å². The van der Waals surface area contributed by atoms with E-state index in [2.05, 4.69) is 9.97 Å². The van der Waals surface area contributed by atoms with Gasteiger partial charge in [0.15, 0.2) is 11.2 Å². The predicted molar refractivity (Wildman–Crippen MR) is 92.6 cm³/mol. The molecule has 2 heterocycles. The molecule has 29 heavy (non-hydrogen) atoms. The minimum Gasteiger partial charge on any atom is -0.309 e. The molecular weight excluding hydrogens is 402 g/mol. The van der Waals surface area contributed by atoms with Gasteiger partial charge in [-0.2, -0.15) is 13.2 Å². The third-order valence-corrected chi connectivity index (χ3v) is 4.24. The number of nitrogens with zero attached hydrogens (tertiary/aromatic N) is 4. The van der Waals surface area contributed by atoms with E-state index in [1.165, 1.54) is 19.1 Å². The van der Waals surface area contributed by atoms with Crippen LogP contribution in [0, 0.1) is 11.7 Å². The fraction of sp³-hybridized carbons (Fsp3) is 0.389. The Balaban J connectivity index is 2.16. The average Bonchev–Trinajstić information content (AvgIpc) is 2.97. The first-order valence-corrected chi connectivity index (χ1v) is 8.62. The van der Waals surface area contributed by atoms with Crippen LogP contribution in [0.4, 0.5) is 26.3 Å². The Morgan fingerprint density at radius 3 is 2.38 bits per heavy atom. The minimum absolute atomic E-state index is 0.0538. The number of imidazole rings is 1.